The first kappa shape index (κ1) is 12.9. The molecule has 1 heterocycles. The summed E-state index contributed by atoms with van der Waals surface area (Å²) in [5.41, 5.74) is 0.111. The zero-order chi connectivity index (χ0) is 12.3. The molecule has 4 nitrogen and oxygen atoms in total. The first-order valence-electron chi connectivity index (χ1n) is 5.47. The summed E-state index contributed by atoms with van der Waals surface area (Å²) in [5, 5.41) is 2.25. The number of halogens is 1. The molecule has 0 aromatic rings. The Balaban J connectivity index is 2.42. The smallest absolute Gasteiger partial charge is 0.251 e. The van der Waals surface area contributed by atoms with Gasteiger partial charge in [-0.1, -0.05) is 20.8 Å². The van der Waals surface area contributed by atoms with E-state index >= 15 is 0 Å². The third kappa shape index (κ3) is 2.93. The van der Waals surface area contributed by atoms with Crippen molar-refractivity contribution < 1.29 is 14.0 Å². The molecule has 1 rings (SSSR count). The van der Waals surface area contributed by atoms with Crippen molar-refractivity contribution in [3.8, 4) is 0 Å². The number of likely N-dealkylation sites (tertiary alicyclic amines) is 1. The number of hydrogen-bond acceptors (Lipinski definition) is 2. The number of nitrogens with zero attached hydrogens (tertiary/aromatic N) is 1. The summed E-state index contributed by atoms with van der Waals surface area (Å²) >= 11 is 0. The molecule has 1 N–H and O–H groups in total. The third-order valence-corrected chi connectivity index (χ3v) is 3.34. The Morgan fingerprint density at radius 1 is 1.50 bits per heavy atom. The van der Waals surface area contributed by atoms with E-state index in [4.69, 9.17) is 0 Å². The highest BCUT2D eigenvalue weighted by molar-refractivity contribution is 5.85. The Morgan fingerprint density at radius 2 is 2.12 bits per heavy atom. The first-order chi connectivity index (χ1) is 7.36. The van der Waals surface area contributed by atoms with Crippen molar-refractivity contribution in [3.05, 3.63) is 0 Å². The van der Waals surface area contributed by atoms with Gasteiger partial charge < -0.3 is 10.2 Å². The van der Waals surface area contributed by atoms with Gasteiger partial charge in [-0.05, 0) is 11.3 Å². The molecule has 0 aromatic heterocycles. The molecule has 0 aromatic carbocycles. The van der Waals surface area contributed by atoms with Crippen LogP contribution in [-0.4, -0.2) is 43.0 Å². The number of carbonyl (C=O) groups excluding carboxylic acids is 2. The van der Waals surface area contributed by atoms with Crippen molar-refractivity contribution in [2.24, 2.45) is 11.3 Å². The fourth-order valence-electron chi connectivity index (χ4n) is 1.81. The standard InChI is InChI=1S/C11H19FN2O2/c1-8-6-14(7-11(8,2)3)10(16)5-13-9(15)4-12/h8H,4-7H2,1-3H3,(H,13,15)/t8-/m0/s1. The van der Waals surface area contributed by atoms with Gasteiger partial charge in [0.1, 0.15) is 0 Å². The molecule has 0 radical (unpaired) electrons. The van der Waals surface area contributed by atoms with Crippen LogP contribution in [0.5, 0.6) is 0 Å². The summed E-state index contributed by atoms with van der Waals surface area (Å²) in [4.78, 5) is 24.1. The maximum atomic E-state index is 11.9. The summed E-state index contributed by atoms with van der Waals surface area (Å²) in [5.74, 6) is -0.438. The lowest BCUT2D eigenvalue weighted by atomic mass is 9.84. The van der Waals surface area contributed by atoms with E-state index in [1.54, 1.807) is 4.90 Å². The van der Waals surface area contributed by atoms with Gasteiger partial charge in [-0.3, -0.25) is 9.59 Å². The highest BCUT2D eigenvalue weighted by atomic mass is 19.1. The topological polar surface area (TPSA) is 49.4 Å². The Kier molecular flexibility index (Phi) is 3.88. The highest BCUT2D eigenvalue weighted by Gasteiger charge is 2.38. The molecule has 1 fully saturated rings. The van der Waals surface area contributed by atoms with Crippen LogP contribution in [0, 0.1) is 11.3 Å². The molecule has 0 aliphatic carbocycles. The molecule has 1 aliphatic heterocycles. The van der Waals surface area contributed by atoms with Crippen LogP contribution < -0.4 is 5.32 Å². The zero-order valence-corrected chi connectivity index (χ0v) is 10.0. The molecule has 1 saturated heterocycles. The van der Waals surface area contributed by atoms with E-state index in [0.717, 1.165) is 0 Å². The normalized spacial score (nSPS) is 23.2. The summed E-state index contributed by atoms with van der Waals surface area (Å²) < 4.78 is 11.9. The summed E-state index contributed by atoms with van der Waals surface area (Å²) in [6.45, 7) is 6.56. The van der Waals surface area contributed by atoms with Gasteiger partial charge in [0.25, 0.3) is 5.91 Å². The molecule has 1 aliphatic rings. The van der Waals surface area contributed by atoms with Gasteiger partial charge in [0, 0.05) is 13.1 Å². The molecule has 0 unspecified atom stereocenters. The second-order valence-corrected chi connectivity index (χ2v) is 5.07. The molecule has 0 bridgehead atoms. The summed E-state index contributed by atoms with van der Waals surface area (Å²) in [6.07, 6.45) is 0. The lowest BCUT2D eigenvalue weighted by Gasteiger charge is -2.22. The molecule has 16 heavy (non-hydrogen) atoms. The van der Waals surface area contributed by atoms with E-state index in [9.17, 15) is 14.0 Å². The van der Waals surface area contributed by atoms with Crippen LogP contribution in [0.25, 0.3) is 0 Å². The summed E-state index contributed by atoms with van der Waals surface area (Å²) in [6, 6.07) is 0. The minimum absolute atomic E-state index is 0.106. The van der Waals surface area contributed by atoms with E-state index in [1.807, 2.05) is 0 Å². The third-order valence-electron chi connectivity index (χ3n) is 3.34. The van der Waals surface area contributed by atoms with E-state index in [1.165, 1.54) is 0 Å². The maximum Gasteiger partial charge on any atom is 0.251 e. The molecule has 0 spiro atoms. The first-order valence-corrected chi connectivity index (χ1v) is 5.47. The van der Waals surface area contributed by atoms with Gasteiger partial charge >= 0.3 is 0 Å². The maximum absolute atomic E-state index is 11.9. The number of nitrogens with one attached hydrogen (secondary N) is 1. The molecule has 0 saturated carbocycles. The predicted octanol–water partition coefficient (Wildman–Crippen LogP) is 0.577. The molecule has 2 amide bonds. The number of rotatable bonds is 3. The van der Waals surface area contributed by atoms with Crippen LogP contribution in [-0.2, 0) is 9.59 Å². The monoisotopic (exact) mass is 230 g/mol. The van der Waals surface area contributed by atoms with Crippen molar-refractivity contribution in [3.63, 3.8) is 0 Å². The largest absolute Gasteiger partial charge is 0.345 e. The van der Waals surface area contributed by atoms with Gasteiger partial charge in [0.15, 0.2) is 6.67 Å². The molecule has 5 heteroatoms. The van der Waals surface area contributed by atoms with Crippen LogP contribution in [0.15, 0.2) is 0 Å². The number of amides is 2. The van der Waals surface area contributed by atoms with Gasteiger partial charge in [-0.2, -0.15) is 0 Å². The Bertz CT molecular complexity index is 292. The Hall–Kier alpha value is -1.13. The molecular formula is C11H19FN2O2. The van der Waals surface area contributed by atoms with Gasteiger partial charge in [0.05, 0.1) is 6.54 Å². The Labute approximate surface area is 95.2 Å². The van der Waals surface area contributed by atoms with E-state index < -0.39 is 12.6 Å². The average molecular weight is 230 g/mol. The van der Waals surface area contributed by atoms with Gasteiger partial charge in [-0.15, -0.1) is 0 Å². The second kappa shape index (κ2) is 4.80. The van der Waals surface area contributed by atoms with Crippen molar-refractivity contribution >= 4 is 11.8 Å². The van der Waals surface area contributed by atoms with Gasteiger partial charge in [-0.25, -0.2) is 4.39 Å². The van der Waals surface area contributed by atoms with Crippen LogP contribution in [0.3, 0.4) is 0 Å². The molecular weight excluding hydrogens is 211 g/mol. The van der Waals surface area contributed by atoms with Crippen molar-refractivity contribution in [1.29, 1.82) is 0 Å². The highest BCUT2D eigenvalue weighted by Crippen LogP contribution is 2.34. The quantitative estimate of drug-likeness (QED) is 0.771. The fraction of sp³-hybridized carbons (Fsp3) is 0.818. The van der Waals surface area contributed by atoms with Crippen molar-refractivity contribution in [2.75, 3.05) is 26.3 Å². The van der Waals surface area contributed by atoms with Crippen LogP contribution in [0.1, 0.15) is 20.8 Å². The average Bonchev–Trinajstić information content (AvgIpc) is 2.49. The van der Waals surface area contributed by atoms with Crippen LogP contribution in [0.4, 0.5) is 4.39 Å². The summed E-state index contributed by atoms with van der Waals surface area (Å²) in [7, 11) is 0. The SMILES string of the molecule is C[C@H]1CN(C(=O)CNC(=O)CF)CC1(C)C. The van der Waals surface area contributed by atoms with Crippen molar-refractivity contribution in [1.82, 2.24) is 10.2 Å². The molecule has 92 valence electrons. The van der Waals surface area contributed by atoms with E-state index in [2.05, 4.69) is 26.1 Å². The molecule has 1 atom stereocenters. The number of carbonyl (C=O) groups is 2. The van der Waals surface area contributed by atoms with Gasteiger partial charge in [0.2, 0.25) is 5.91 Å². The van der Waals surface area contributed by atoms with Crippen LogP contribution >= 0.6 is 0 Å². The number of hydrogen-bond donors (Lipinski definition) is 1. The zero-order valence-electron chi connectivity index (χ0n) is 10.0. The minimum atomic E-state index is -1.07. The predicted molar refractivity (Wildman–Crippen MR) is 58.5 cm³/mol. The van der Waals surface area contributed by atoms with E-state index in [0.29, 0.717) is 19.0 Å². The minimum Gasteiger partial charge on any atom is -0.345 e. The van der Waals surface area contributed by atoms with Crippen LogP contribution in [0.2, 0.25) is 0 Å². The number of alkyl halides is 1. The lowest BCUT2D eigenvalue weighted by molar-refractivity contribution is -0.132. The van der Waals surface area contributed by atoms with E-state index in [-0.39, 0.29) is 17.9 Å². The fourth-order valence-corrected chi connectivity index (χ4v) is 1.81. The lowest BCUT2D eigenvalue weighted by Crippen LogP contribution is -2.40. The Morgan fingerprint density at radius 3 is 2.56 bits per heavy atom. The second-order valence-electron chi connectivity index (χ2n) is 5.07. The van der Waals surface area contributed by atoms with Crippen molar-refractivity contribution in [2.45, 2.75) is 20.8 Å².